The lowest BCUT2D eigenvalue weighted by Gasteiger charge is -2.36. The van der Waals surface area contributed by atoms with Gasteiger partial charge in [0.05, 0.1) is 18.3 Å². The summed E-state index contributed by atoms with van der Waals surface area (Å²) in [5.41, 5.74) is 0. The Morgan fingerprint density at radius 1 is 1.53 bits per heavy atom. The molecule has 1 heterocycles. The maximum atomic E-state index is 11.4. The zero-order valence-electron chi connectivity index (χ0n) is 8.64. The average Bonchev–Trinajstić information content (AvgIpc) is 2.09. The minimum atomic E-state index is -0.814. The summed E-state index contributed by atoms with van der Waals surface area (Å²) in [6.45, 7) is 1.35. The van der Waals surface area contributed by atoms with Gasteiger partial charge >= 0.3 is 5.97 Å². The number of carboxylic acids is 1. The lowest BCUT2D eigenvalue weighted by Crippen LogP contribution is -2.53. The summed E-state index contributed by atoms with van der Waals surface area (Å²) in [5.74, 6) is 0.0475. The first-order chi connectivity index (χ1) is 7.15. The van der Waals surface area contributed by atoms with E-state index in [1.807, 2.05) is 0 Å². The van der Waals surface area contributed by atoms with E-state index in [1.54, 1.807) is 12.0 Å². The number of aliphatic carboxylic acids is 1. The predicted octanol–water partition coefficient (Wildman–Crippen LogP) is -0.0910. The number of thioether (sulfide) groups is 1. The Morgan fingerprint density at radius 2 is 2.20 bits per heavy atom. The van der Waals surface area contributed by atoms with Crippen molar-refractivity contribution in [2.75, 3.05) is 38.3 Å². The highest BCUT2D eigenvalue weighted by Crippen LogP contribution is 2.16. The molecular weight excluding hydrogens is 218 g/mol. The van der Waals surface area contributed by atoms with Crippen LogP contribution in [0.25, 0.3) is 0 Å². The molecule has 1 aliphatic rings. The van der Waals surface area contributed by atoms with Crippen molar-refractivity contribution in [3.05, 3.63) is 0 Å². The molecule has 1 amide bonds. The number of carbonyl (C=O) groups excluding carboxylic acids is 1. The Balaban J connectivity index is 2.07. The van der Waals surface area contributed by atoms with Crippen molar-refractivity contribution in [3.8, 4) is 0 Å². The number of rotatable bonds is 6. The van der Waals surface area contributed by atoms with Crippen LogP contribution in [0.1, 0.15) is 0 Å². The Labute approximate surface area is 92.8 Å². The molecule has 1 fully saturated rings. The normalized spacial score (nSPS) is 16.2. The zero-order chi connectivity index (χ0) is 11.3. The van der Waals surface area contributed by atoms with Crippen molar-refractivity contribution >= 4 is 23.6 Å². The van der Waals surface area contributed by atoms with Gasteiger partial charge in [0.15, 0.2) is 0 Å². The average molecular weight is 233 g/mol. The van der Waals surface area contributed by atoms with Crippen LogP contribution in [-0.2, 0) is 14.3 Å². The SMILES string of the molecule is COCCSCC(=O)N1CC(C(=O)O)C1. The summed E-state index contributed by atoms with van der Waals surface area (Å²) in [6, 6.07) is 0. The number of carbonyl (C=O) groups is 2. The number of ether oxygens (including phenoxy) is 1. The van der Waals surface area contributed by atoms with Crippen molar-refractivity contribution in [1.29, 1.82) is 0 Å². The van der Waals surface area contributed by atoms with Crippen LogP contribution in [0.5, 0.6) is 0 Å². The van der Waals surface area contributed by atoms with E-state index in [1.165, 1.54) is 11.8 Å². The molecule has 0 radical (unpaired) electrons. The second-order valence-corrected chi connectivity index (χ2v) is 4.48. The number of amides is 1. The van der Waals surface area contributed by atoms with Crippen LogP contribution in [0, 0.1) is 5.92 Å². The summed E-state index contributed by atoms with van der Waals surface area (Å²) in [5, 5.41) is 8.62. The van der Waals surface area contributed by atoms with E-state index < -0.39 is 5.97 Å². The van der Waals surface area contributed by atoms with Gasteiger partial charge < -0.3 is 14.7 Å². The van der Waals surface area contributed by atoms with Crippen molar-refractivity contribution in [1.82, 2.24) is 4.90 Å². The molecule has 0 atom stereocenters. The Kier molecular flexibility index (Phi) is 4.90. The summed E-state index contributed by atoms with van der Waals surface area (Å²) < 4.78 is 4.85. The Morgan fingerprint density at radius 3 is 2.73 bits per heavy atom. The lowest BCUT2D eigenvalue weighted by atomic mass is 10.0. The maximum absolute atomic E-state index is 11.4. The van der Waals surface area contributed by atoms with E-state index >= 15 is 0 Å². The zero-order valence-corrected chi connectivity index (χ0v) is 9.46. The van der Waals surface area contributed by atoms with Crippen LogP contribution in [0.15, 0.2) is 0 Å². The molecule has 0 aromatic carbocycles. The summed E-state index contributed by atoms with van der Waals surface area (Å²) >= 11 is 1.51. The van der Waals surface area contributed by atoms with Gasteiger partial charge in [0.2, 0.25) is 5.91 Å². The van der Waals surface area contributed by atoms with Crippen molar-refractivity contribution < 1.29 is 19.4 Å². The number of likely N-dealkylation sites (tertiary alicyclic amines) is 1. The largest absolute Gasteiger partial charge is 0.481 e. The molecule has 6 heteroatoms. The molecule has 0 saturated carbocycles. The van der Waals surface area contributed by atoms with Gasteiger partial charge in [-0.2, -0.15) is 0 Å². The molecule has 0 aromatic rings. The van der Waals surface area contributed by atoms with Gasteiger partial charge in [-0.3, -0.25) is 9.59 Å². The second kappa shape index (κ2) is 5.97. The van der Waals surface area contributed by atoms with Crippen LogP contribution in [0.2, 0.25) is 0 Å². The standard InChI is InChI=1S/C9H15NO4S/c1-14-2-3-15-6-8(11)10-4-7(5-10)9(12)13/h7H,2-6H2,1H3,(H,12,13). The fourth-order valence-electron chi connectivity index (χ4n) is 1.23. The molecule has 0 aromatic heterocycles. The molecular formula is C9H15NO4S. The highest BCUT2D eigenvalue weighted by molar-refractivity contribution is 7.99. The number of nitrogens with zero attached hydrogens (tertiary/aromatic N) is 1. The Bertz CT molecular complexity index is 240. The van der Waals surface area contributed by atoms with Crippen LogP contribution in [-0.4, -0.2) is 60.2 Å². The van der Waals surface area contributed by atoms with Crippen molar-refractivity contribution in [2.45, 2.75) is 0 Å². The topological polar surface area (TPSA) is 66.8 Å². The Hall–Kier alpha value is -0.750. The quantitative estimate of drug-likeness (QED) is 0.649. The highest BCUT2D eigenvalue weighted by atomic mass is 32.2. The molecule has 1 saturated heterocycles. The summed E-state index contributed by atoms with van der Waals surface area (Å²) in [4.78, 5) is 23.5. The third-order valence-corrected chi connectivity index (χ3v) is 3.15. The van der Waals surface area contributed by atoms with Gasteiger partial charge in [-0.05, 0) is 0 Å². The number of hydrogen-bond acceptors (Lipinski definition) is 4. The van der Waals surface area contributed by atoms with Gasteiger partial charge in [0, 0.05) is 26.0 Å². The molecule has 86 valence electrons. The molecule has 0 spiro atoms. The van der Waals surface area contributed by atoms with E-state index in [2.05, 4.69) is 0 Å². The summed E-state index contributed by atoms with van der Waals surface area (Å²) in [7, 11) is 1.62. The number of hydrogen-bond donors (Lipinski definition) is 1. The highest BCUT2D eigenvalue weighted by Gasteiger charge is 2.35. The number of carboxylic acid groups (broad SMARTS) is 1. The van der Waals surface area contributed by atoms with Gasteiger partial charge in [-0.25, -0.2) is 0 Å². The third kappa shape index (κ3) is 3.71. The van der Waals surface area contributed by atoms with E-state index in [0.29, 0.717) is 25.4 Å². The first kappa shape index (κ1) is 12.3. The van der Waals surface area contributed by atoms with E-state index in [4.69, 9.17) is 9.84 Å². The smallest absolute Gasteiger partial charge is 0.310 e. The summed E-state index contributed by atoms with van der Waals surface area (Å²) in [6.07, 6.45) is 0. The van der Waals surface area contributed by atoms with Gasteiger partial charge in [0.1, 0.15) is 0 Å². The van der Waals surface area contributed by atoms with Gasteiger partial charge in [-0.15, -0.1) is 11.8 Å². The molecule has 1 aliphatic heterocycles. The van der Waals surface area contributed by atoms with E-state index in [9.17, 15) is 9.59 Å². The second-order valence-electron chi connectivity index (χ2n) is 3.38. The molecule has 1 N–H and O–H groups in total. The van der Waals surface area contributed by atoms with Crippen molar-refractivity contribution in [3.63, 3.8) is 0 Å². The molecule has 0 bridgehead atoms. The first-order valence-electron chi connectivity index (χ1n) is 4.72. The maximum Gasteiger partial charge on any atom is 0.310 e. The molecule has 5 nitrogen and oxygen atoms in total. The van der Waals surface area contributed by atoms with E-state index in [0.717, 1.165) is 5.75 Å². The monoisotopic (exact) mass is 233 g/mol. The molecule has 1 rings (SSSR count). The van der Waals surface area contributed by atoms with Gasteiger partial charge in [0.25, 0.3) is 0 Å². The predicted molar refractivity (Wildman–Crippen MR) is 56.9 cm³/mol. The minimum Gasteiger partial charge on any atom is -0.481 e. The number of methoxy groups -OCH3 is 1. The fraction of sp³-hybridized carbons (Fsp3) is 0.778. The van der Waals surface area contributed by atoms with E-state index in [-0.39, 0.29) is 11.8 Å². The lowest BCUT2D eigenvalue weighted by molar-refractivity contribution is -0.151. The first-order valence-corrected chi connectivity index (χ1v) is 5.88. The minimum absolute atomic E-state index is 0.0219. The van der Waals surface area contributed by atoms with Crippen LogP contribution in [0.3, 0.4) is 0 Å². The van der Waals surface area contributed by atoms with Crippen LogP contribution in [0.4, 0.5) is 0 Å². The van der Waals surface area contributed by atoms with Crippen molar-refractivity contribution in [2.24, 2.45) is 5.92 Å². The van der Waals surface area contributed by atoms with Gasteiger partial charge in [-0.1, -0.05) is 0 Å². The van der Waals surface area contributed by atoms with Crippen LogP contribution >= 0.6 is 11.8 Å². The molecule has 15 heavy (non-hydrogen) atoms. The third-order valence-electron chi connectivity index (χ3n) is 2.24. The van der Waals surface area contributed by atoms with Crippen LogP contribution < -0.4 is 0 Å². The molecule has 0 aliphatic carbocycles. The fourth-order valence-corrected chi connectivity index (χ4v) is 2.02. The molecule has 0 unspecified atom stereocenters.